The van der Waals surface area contributed by atoms with E-state index in [1.165, 1.54) is 48.4 Å². The van der Waals surface area contributed by atoms with E-state index in [1.807, 2.05) is 17.5 Å². The Morgan fingerprint density at radius 2 is 1.31 bits per heavy atom. The van der Waals surface area contributed by atoms with E-state index in [2.05, 4.69) is 136 Å². The van der Waals surface area contributed by atoms with Crippen molar-refractivity contribution >= 4 is 61.4 Å². The van der Waals surface area contributed by atoms with Gasteiger partial charge in [0.2, 0.25) is 0 Å². The number of fused-ring (bicyclic) bond motifs is 11. The van der Waals surface area contributed by atoms with Gasteiger partial charge in [-0.1, -0.05) is 60.7 Å². The van der Waals surface area contributed by atoms with Crippen molar-refractivity contribution in [2.75, 3.05) is 9.62 Å². The van der Waals surface area contributed by atoms with Gasteiger partial charge < -0.3 is 14.1 Å². The fraction of sp³-hybridized carbons (Fsp3) is 0. The summed E-state index contributed by atoms with van der Waals surface area (Å²) < 4.78 is 4.96. The average Bonchev–Trinajstić information content (AvgIpc) is 3.71. The number of hydrogen-bond acceptors (Lipinski definition) is 4. The van der Waals surface area contributed by atoms with Crippen molar-refractivity contribution in [2.24, 2.45) is 0 Å². The minimum absolute atomic E-state index is 0.0610. The number of rotatable bonds is 2. The molecule has 0 saturated heterocycles. The van der Waals surface area contributed by atoms with Gasteiger partial charge in [-0.15, -0.1) is 11.3 Å². The molecule has 0 aliphatic carbocycles. The van der Waals surface area contributed by atoms with Crippen LogP contribution >= 0.6 is 11.3 Å². The highest BCUT2D eigenvalue weighted by Crippen LogP contribution is 2.52. The molecule has 2 aromatic heterocycles. The first-order valence-corrected chi connectivity index (χ1v) is 14.0. The molecular weight excluding hydrogens is 495 g/mol. The van der Waals surface area contributed by atoms with Crippen LogP contribution in [0.5, 0.6) is 0 Å². The molecule has 39 heavy (non-hydrogen) atoms. The summed E-state index contributed by atoms with van der Waals surface area (Å²) in [6, 6.07) is 41.7. The lowest BCUT2D eigenvalue weighted by Crippen LogP contribution is -2.51. The molecule has 4 heterocycles. The molecule has 0 fully saturated rings. The molecule has 4 nitrogen and oxygen atoms in total. The zero-order valence-corrected chi connectivity index (χ0v) is 21.7. The minimum Gasteiger partial charge on any atom is -0.344 e. The van der Waals surface area contributed by atoms with Gasteiger partial charge >= 0.3 is 7.12 Å². The number of benzene rings is 5. The maximum absolute atomic E-state index is 4.88. The maximum atomic E-state index is 4.88. The van der Waals surface area contributed by atoms with Crippen molar-refractivity contribution in [3.63, 3.8) is 0 Å². The van der Waals surface area contributed by atoms with E-state index >= 15 is 0 Å². The summed E-state index contributed by atoms with van der Waals surface area (Å²) in [5.41, 5.74) is 8.30. The first-order valence-electron chi connectivity index (χ1n) is 13.2. The van der Waals surface area contributed by atoms with Gasteiger partial charge in [0.05, 0.1) is 11.4 Å². The zero-order chi connectivity index (χ0) is 25.5. The Morgan fingerprint density at radius 1 is 0.590 bits per heavy atom. The lowest BCUT2D eigenvalue weighted by molar-refractivity contribution is 1.09. The molecule has 0 radical (unpaired) electrons. The molecule has 7 aromatic rings. The molecular formula is C33H21BN4S. The third-order valence-electron chi connectivity index (χ3n) is 8.02. The molecule has 5 aromatic carbocycles. The Labute approximate surface area is 230 Å². The zero-order valence-electron chi connectivity index (χ0n) is 20.9. The first kappa shape index (κ1) is 21.2. The highest BCUT2D eigenvalue weighted by atomic mass is 32.1. The van der Waals surface area contributed by atoms with Crippen molar-refractivity contribution in [3.05, 3.63) is 128 Å². The fourth-order valence-electron chi connectivity index (χ4n) is 6.32. The smallest absolute Gasteiger partial charge is 0.344 e. The Hall–Kier alpha value is -4.81. The van der Waals surface area contributed by atoms with Crippen LogP contribution in [0.2, 0.25) is 0 Å². The van der Waals surface area contributed by atoms with Crippen LogP contribution < -0.4 is 9.62 Å². The lowest BCUT2D eigenvalue weighted by Gasteiger charge is -2.35. The van der Waals surface area contributed by atoms with Crippen molar-refractivity contribution in [1.82, 2.24) is 9.46 Å². The van der Waals surface area contributed by atoms with Crippen LogP contribution in [0.4, 0.5) is 22.7 Å². The summed E-state index contributed by atoms with van der Waals surface area (Å²) in [5, 5.41) is 2.64. The number of nitrogens with zero attached hydrogens (tertiary/aromatic N) is 4. The summed E-state index contributed by atoms with van der Waals surface area (Å²) in [6.07, 6.45) is 4.03. The second-order valence-corrected chi connectivity index (χ2v) is 11.2. The summed E-state index contributed by atoms with van der Waals surface area (Å²) in [7, 11) is -0.0610. The first-order chi connectivity index (χ1) is 19.3. The average molecular weight is 516 g/mol. The Kier molecular flexibility index (Phi) is 4.26. The van der Waals surface area contributed by atoms with Gasteiger partial charge in [0.25, 0.3) is 0 Å². The van der Waals surface area contributed by atoms with Crippen LogP contribution in [0.1, 0.15) is 0 Å². The van der Waals surface area contributed by atoms with Crippen LogP contribution in [0, 0.1) is 0 Å². The van der Waals surface area contributed by atoms with E-state index in [0.717, 1.165) is 17.1 Å². The fourth-order valence-corrected chi connectivity index (χ4v) is 7.40. The van der Waals surface area contributed by atoms with Gasteiger partial charge in [-0.3, -0.25) is 0 Å². The van der Waals surface area contributed by atoms with Gasteiger partial charge in [0.1, 0.15) is 5.82 Å². The molecule has 0 spiro atoms. The third kappa shape index (κ3) is 2.92. The Balaban J connectivity index is 1.24. The molecule has 9 rings (SSSR count). The summed E-state index contributed by atoms with van der Waals surface area (Å²) in [6.45, 7) is 0. The molecule has 182 valence electrons. The number of anilines is 4. The Morgan fingerprint density at radius 3 is 2.21 bits per heavy atom. The minimum atomic E-state index is -0.0610. The highest BCUT2D eigenvalue weighted by molar-refractivity contribution is 7.25. The number of aromatic nitrogens is 2. The molecule has 0 saturated carbocycles. The van der Waals surface area contributed by atoms with Crippen molar-refractivity contribution in [1.29, 1.82) is 0 Å². The van der Waals surface area contributed by atoms with E-state index < -0.39 is 0 Å². The van der Waals surface area contributed by atoms with Crippen LogP contribution in [0.15, 0.2) is 128 Å². The number of hydrogen-bond donors (Lipinski definition) is 0. The monoisotopic (exact) mass is 516 g/mol. The number of thiophene rings is 1. The Bertz CT molecular complexity index is 2060. The molecule has 0 N–H and O–H groups in total. The third-order valence-corrected chi connectivity index (χ3v) is 9.17. The summed E-state index contributed by atoms with van der Waals surface area (Å²) >= 11 is 1.86. The molecule has 0 unspecified atom stereocenters. The molecule has 2 aliphatic heterocycles. The topological polar surface area (TPSA) is 24.3 Å². The standard InChI is InChI=1S/C33H21BN4S/c1-2-8-24(9-3-1)37-29-11-5-6-12-30(29)38-28-16-14-22(21-27(28)33-35-18-19-36(33)34(37)38)23-15-17-32-26(20-23)25-10-4-7-13-31(25)39-32/h1-21H. The SMILES string of the molecule is c1ccc(N2B3N(c4ccc(-c5ccc6sc7ccccc7c6c5)cc4-c4nccn43)c3ccccc32)cc1. The van der Waals surface area contributed by atoms with E-state index in [-0.39, 0.29) is 7.12 Å². The van der Waals surface area contributed by atoms with Crippen LogP contribution in [0.3, 0.4) is 0 Å². The normalized spacial score (nSPS) is 13.5. The maximum Gasteiger partial charge on any atom is 0.519 e. The quantitative estimate of drug-likeness (QED) is 0.215. The lowest BCUT2D eigenvalue weighted by atomic mass is 9.82. The molecule has 2 aliphatic rings. The predicted molar refractivity (Wildman–Crippen MR) is 164 cm³/mol. The summed E-state index contributed by atoms with van der Waals surface area (Å²) in [4.78, 5) is 9.74. The van der Waals surface area contributed by atoms with E-state index in [4.69, 9.17) is 4.98 Å². The van der Waals surface area contributed by atoms with Crippen molar-refractivity contribution < 1.29 is 0 Å². The highest BCUT2D eigenvalue weighted by Gasteiger charge is 2.48. The largest absolute Gasteiger partial charge is 0.519 e. The van der Waals surface area contributed by atoms with Gasteiger partial charge in [-0.2, -0.15) is 0 Å². The number of para-hydroxylation sites is 3. The van der Waals surface area contributed by atoms with Crippen LogP contribution in [-0.4, -0.2) is 16.6 Å². The number of imidazole rings is 1. The summed E-state index contributed by atoms with van der Waals surface area (Å²) in [5.74, 6) is 0.990. The second kappa shape index (κ2) is 7.85. The van der Waals surface area contributed by atoms with Gasteiger partial charge in [-0.25, -0.2) is 4.98 Å². The van der Waals surface area contributed by atoms with Crippen molar-refractivity contribution in [2.45, 2.75) is 0 Å². The molecule has 0 amide bonds. The van der Waals surface area contributed by atoms with Crippen LogP contribution in [-0.2, 0) is 0 Å². The van der Waals surface area contributed by atoms with Gasteiger partial charge in [0.15, 0.2) is 0 Å². The van der Waals surface area contributed by atoms with Crippen molar-refractivity contribution in [3.8, 4) is 22.5 Å². The second-order valence-electron chi connectivity index (χ2n) is 10.1. The van der Waals surface area contributed by atoms with E-state index in [1.54, 1.807) is 0 Å². The van der Waals surface area contributed by atoms with Crippen LogP contribution in [0.25, 0.3) is 42.7 Å². The van der Waals surface area contributed by atoms with Gasteiger partial charge in [0, 0.05) is 49.5 Å². The van der Waals surface area contributed by atoms with E-state index in [0.29, 0.717) is 0 Å². The predicted octanol–water partition coefficient (Wildman–Crippen LogP) is 8.72. The molecule has 0 atom stereocenters. The molecule has 6 heteroatoms. The molecule has 0 bridgehead atoms. The van der Waals surface area contributed by atoms with Gasteiger partial charge in [-0.05, 0) is 65.7 Å². The van der Waals surface area contributed by atoms with E-state index in [9.17, 15) is 0 Å².